The Morgan fingerprint density at radius 2 is 1.92 bits per heavy atom. The fourth-order valence-corrected chi connectivity index (χ4v) is 3.50. The number of para-hydroxylation sites is 2. The smallest absolute Gasteiger partial charge is 0.108 e. The van der Waals surface area contributed by atoms with Gasteiger partial charge in [-0.15, -0.1) is 0 Å². The lowest BCUT2D eigenvalue weighted by Crippen LogP contribution is -2.33. The number of benzene rings is 2. The Balaban J connectivity index is 1.23. The van der Waals surface area contributed by atoms with E-state index in [1.807, 2.05) is 12.1 Å². The second-order valence-corrected chi connectivity index (χ2v) is 6.61. The topological polar surface area (TPSA) is 44.0 Å². The van der Waals surface area contributed by atoms with E-state index in [4.69, 9.17) is 0 Å². The molecule has 4 heteroatoms. The molecule has 2 heterocycles. The van der Waals surface area contributed by atoms with Crippen LogP contribution in [-0.2, 0) is 13.0 Å². The zero-order chi connectivity index (χ0) is 16.2. The number of hydrogen-bond donors (Lipinski definition) is 2. The summed E-state index contributed by atoms with van der Waals surface area (Å²) in [5, 5.41) is 3.69. The summed E-state index contributed by atoms with van der Waals surface area (Å²) in [6, 6.07) is 19.5. The van der Waals surface area contributed by atoms with Crippen LogP contribution in [0.15, 0.2) is 54.6 Å². The highest BCUT2D eigenvalue weighted by molar-refractivity contribution is 5.74. The summed E-state index contributed by atoms with van der Waals surface area (Å²) in [4.78, 5) is 10.6. The molecule has 1 aliphatic rings. The summed E-state index contributed by atoms with van der Waals surface area (Å²) in [6.45, 7) is 4.35. The number of nitrogens with one attached hydrogen (secondary N) is 2. The Bertz CT molecular complexity index is 747. The maximum absolute atomic E-state index is 4.64. The van der Waals surface area contributed by atoms with Crippen molar-refractivity contribution < 1.29 is 0 Å². The van der Waals surface area contributed by atoms with Gasteiger partial charge in [-0.3, -0.25) is 4.90 Å². The predicted octanol–water partition coefficient (Wildman–Crippen LogP) is 2.97. The van der Waals surface area contributed by atoms with Gasteiger partial charge < -0.3 is 10.3 Å². The van der Waals surface area contributed by atoms with E-state index < -0.39 is 0 Å². The molecule has 2 aromatic carbocycles. The van der Waals surface area contributed by atoms with Crippen molar-refractivity contribution in [1.82, 2.24) is 20.2 Å². The van der Waals surface area contributed by atoms with Crippen LogP contribution in [0.25, 0.3) is 11.0 Å². The SMILES string of the molecule is c1ccc(CN2CC[C@@H](NCCc3nc4ccccc4[nH]3)C2)cc1. The Kier molecular flexibility index (Phi) is 4.58. The van der Waals surface area contributed by atoms with Gasteiger partial charge in [-0.25, -0.2) is 4.98 Å². The summed E-state index contributed by atoms with van der Waals surface area (Å²) in [5.74, 6) is 1.07. The van der Waals surface area contributed by atoms with Crippen LogP contribution in [0.5, 0.6) is 0 Å². The van der Waals surface area contributed by atoms with Crippen molar-refractivity contribution in [2.75, 3.05) is 19.6 Å². The first-order valence-corrected chi connectivity index (χ1v) is 8.80. The van der Waals surface area contributed by atoms with Crippen LogP contribution in [0.3, 0.4) is 0 Å². The fraction of sp³-hybridized carbons (Fsp3) is 0.350. The average molecular weight is 320 g/mol. The Morgan fingerprint density at radius 3 is 2.79 bits per heavy atom. The minimum atomic E-state index is 0.595. The van der Waals surface area contributed by atoms with E-state index >= 15 is 0 Å². The molecule has 0 spiro atoms. The van der Waals surface area contributed by atoms with Crippen molar-refractivity contribution in [3.8, 4) is 0 Å². The molecule has 3 aromatic rings. The molecule has 4 rings (SSSR count). The predicted molar refractivity (Wildman–Crippen MR) is 97.9 cm³/mol. The number of likely N-dealkylation sites (tertiary alicyclic amines) is 1. The highest BCUT2D eigenvalue weighted by atomic mass is 15.2. The molecule has 1 atom stereocenters. The van der Waals surface area contributed by atoms with Crippen LogP contribution in [0.4, 0.5) is 0 Å². The lowest BCUT2D eigenvalue weighted by Gasteiger charge is -2.16. The molecule has 0 saturated carbocycles. The Morgan fingerprint density at radius 1 is 1.08 bits per heavy atom. The minimum absolute atomic E-state index is 0.595. The standard InChI is InChI=1S/C20H24N4/c1-2-6-16(7-3-1)14-24-13-11-17(15-24)21-12-10-20-22-18-8-4-5-9-19(18)23-20/h1-9,17,21H,10-15H2,(H,22,23)/t17-/m1/s1. The zero-order valence-corrected chi connectivity index (χ0v) is 13.9. The van der Waals surface area contributed by atoms with E-state index in [1.165, 1.54) is 18.5 Å². The Hall–Kier alpha value is -2.17. The highest BCUT2D eigenvalue weighted by Gasteiger charge is 2.21. The molecule has 0 bridgehead atoms. The number of imidazole rings is 1. The van der Waals surface area contributed by atoms with Crippen molar-refractivity contribution in [3.63, 3.8) is 0 Å². The van der Waals surface area contributed by atoms with E-state index in [-0.39, 0.29) is 0 Å². The van der Waals surface area contributed by atoms with Gasteiger partial charge in [-0.2, -0.15) is 0 Å². The first-order chi connectivity index (χ1) is 11.9. The molecule has 2 N–H and O–H groups in total. The van der Waals surface area contributed by atoms with Gasteiger partial charge in [0, 0.05) is 38.6 Å². The largest absolute Gasteiger partial charge is 0.342 e. The van der Waals surface area contributed by atoms with Crippen LogP contribution < -0.4 is 5.32 Å². The quantitative estimate of drug-likeness (QED) is 0.734. The second kappa shape index (κ2) is 7.16. The summed E-state index contributed by atoms with van der Waals surface area (Å²) in [7, 11) is 0. The summed E-state index contributed by atoms with van der Waals surface area (Å²) < 4.78 is 0. The van der Waals surface area contributed by atoms with Gasteiger partial charge in [0.15, 0.2) is 0 Å². The van der Waals surface area contributed by atoms with Gasteiger partial charge >= 0.3 is 0 Å². The monoisotopic (exact) mass is 320 g/mol. The number of H-pyrrole nitrogens is 1. The third kappa shape index (κ3) is 3.66. The van der Waals surface area contributed by atoms with E-state index in [2.05, 4.69) is 62.6 Å². The molecule has 1 saturated heterocycles. The van der Waals surface area contributed by atoms with Gasteiger partial charge in [-0.05, 0) is 24.1 Å². The second-order valence-electron chi connectivity index (χ2n) is 6.61. The fourth-order valence-electron chi connectivity index (χ4n) is 3.50. The molecule has 24 heavy (non-hydrogen) atoms. The van der Waals surface area contributed by atoms with Gasteiger partial charge in [-0.1, -0.05) is 42.5 Å². The molecular formula is C20H24N4. The highest BCUT2D eigenvalue weighted by Crippen LogP contribution is 2.14. The summed E-state index contributed by atoms with van der Waals surface area (Å²) in [6.07, 6.45) is 2.18. The molecule has 1 aliphatic heterocycles. The maximum Gasteiger partial charge on any atom is 0.108 e. The molecule has 4 nitrogen and oxygen atoms in total. The third-order valence-corrected chi connectivity index (χ3v) is 4.75. The van der Waals surface area contributed by atoms with Crippen LogP contribution in [-0.4, -0.2) is 40.5 Å². The zero-order valence-electron chi connectivity index (χ0n) is 13.9. The molecule has 1 fully saturated rings. The minimum Gasteiger partial charge on any atom is -0.342 e. The Labute approximate surface area is 142 Å². The van der Waals surface area contributed by atoms with Crippen molar-refractivity contribution >= 4 is 11.0 Å². The molecule has 0 amide bonds. The number of rotatable bonds is 6. The van der Waals surface area contributed by atoms with Gasteiger partial charge in [0.2, 0.25) is 0 Å². The third-order valence-electron chi connectivity index (χ3n) is 4.75. The van der Waals surface area contributed by atoms with Crippen LogP contribution in [0.1, 0.15) is 17.8 Å². The van der Waals surface area contributed by atoms with E-state index in [0.717, 1.165) is 42.9 Å². The number of nitrogens with zero attached hydrogens (tertiary/aromatic N) is 2. The van der Waals surface area contributed by atoms with Gasteiger partial charge in [0.05, 0.1) is 11.0 Å². The van der Waals surface area contributed by atoms with Crippen molar-refractivity contribution in [1.29, 1.82) is 0 Å². The van der Waals surface area contributed by atoms with E-state index in [9.17, 15) is 0 Å². The number of hydrogen-bond acceptors (Lipinski definition) is 3. The van der Waals surface area contributed by atoms with Crippen LogP contribution in [0.2, 0.25) is 0 Å². The van der Waals surface area contributed by atoms with Gasteiger partial charge in [0.25, 0.3) is 0 Å². The van der Waals surface area contributed by atoms with E-state index in [1.54, 1.807) is 0 Å². The van der Waals surface area contributed by atoms with Crippen molar-refractivity contribution in [2.24, 2.45) is 0 Å². The number of aromatic nitrogens is 2. The lowest BCUT2D eigenvalue weighted by molar-refractivity contribution is 0.320. The van der Waals surface area contributed by atoms with E-state index in [0.29, 0.717) is 6.04 Å². The molecule has 0 radical (unpaired) electrons. The molecule has 0 unspecified atom stereocenters. The average Bonchev–Trinajstić information content (AvgIpc) is 3.22. The molecule has 0 aliphatic carbocycles. The molecule has 124 valence electrons. The first kappa shape index (κ1) is 15.4. The summed E-state index contributed by atoms with van der Waals surface area (Å²) >= 11 is 0. The lowest BCUT2D eigenvalue weighted by atomic mass is 10.2. The van der Waals surface area contributed by atoms with Crippen molar-refractivity contribution in [2.45, 2.75) is 25.4 Å². The summed E-state index contributed by atoms with van der Waals surface area (Å²) in [5.41, 5.74) is 3.59. The first-order valence-electron chi connectivity index (χ1n) is 8.80. The molecule has 1 aromatic heterocycles. The maximum atomic E-state index is 4.64. The van der Waals surface area contributed by atoms with Crippen LogP contribution >= 0.6 is 0 Å². The normalized spacial score (nSPS) is 18.4. The van der Waals surface area contributed by atoms with Crippen LogP contribution in [0, 0.1) is 0 Å². The van der Waals surface area contributed by atoms with Gasteiger partial charge in [0.1, 0.15) is 5.82 Å². The molecular weight excluding hydrogens is 296 g/mol. The number of fused-ring (bicyclic) bond motifs is 1. The number of aromatic amines is 1. The van der Waals surface area contributed by atoms with Crippen molar-refractivity contribution in [3.05, 3.63) is 66.0 Å².